The molecule has 0 aliphatic rings. The van der Waals surface area contributed by atoms with Crippen molar-refractivity contribution in [2.75, 3.05) is 7.11 Å². The molecule has 0 saturated heterocycles. The van der Waals surface area contributed by atoms with Gasteiger partial charge in [-0.1, -0.05) is 30.1 Å². The number of aliphatic hydroxyl groups is 2. The van der Waals surface area contributed by atoms with Crippen LogP contribution in [0.25, 0.3) is 0 Å². The maximum atomic E-state index is 10.9. The smallest absolute Gasteiger partial charge is 0.305 e. The fraction of sp³-hybridized carbons (Fsp3) is 0.316. The highest BCUT2D eigenvalue weighted by atomic mass is 16.5. The van der Waals surface area contributed by atoms with Crippen molar-refractivity contribution in [2.24, 2.45) is 0 Å². The summed E-state index contributed by atoms with van der Waals surface area (Å²) in [6, 6.07) is 6.54. The monoisotopic (exact) mass is 330 g/mol. The van der Waals surface area contributed by atoms with Gasteiger partial charge in [-0.25, -0.2) is 0 Å². The zero-order valence-electron chi connectivity index (χ0n) is 13.6. The summed E-state index contributed by atoms with van der Waals surface area (Å²) in [7, 11) is 1.31. The maximum absolute atomic E-state index is 10.9. The second kappa shape index (κ2) is 11.1. The topological polar surface area (TPSA) is 87.0 Å². The van der Waals surface area contributed by atoms with Gasteiger partial charge >= 0.3 is 5.97 Å². The number of hydrogen-bond donors (Lipinski definition) is 3. The minimum Gasteiger partial charge on any atom is -0.508 e. The number of rotatable bonds is 7. The third kappa shape index (κ3) is 8.18. The molecule has 0 radical (unpaired) electrons. The van der Waals surface area contributed by atoms with Crippen LogP contribution in [0.5, 0.6) is 5.75 Å². The molecule has 0 aromatic heterocycles. The first kappa shape index (κ1) is 19.5. The van der Waals surface area contributed by atoms with Gasteiger partial charge in [-0.05, 0) is 43.2 Å². The molecule has 0 heterocycles. The molecule has 0 amide bonds. The largest absolute Gasteiger partial charge is 0.508 e. The van der Waals surface area contributed by atoms with E-state index < -0.39 is 12.2 Å². The first-order valence-electron chi connectivity index (χ1n) is 7.60. The highest BCUT2D eigenvalue weighted by Gasteiger charge is 2.13. The van der Waals surface area contributed by atoms with Crippen molar-refractivity contribution in [3.05, 3.63) is 54.1 Å². The molecular formula is C19H22O5. The summed E-state index contributed by atoms with van der Waals surface area (Å²) in [4.78, 5) is 10.9. The van der Waals surface area contributed by atoms with Gasteiger partial charge in [0.2, 0.25) is 0 Å². The lowest BCUT2D eigenvalue weighted by Crippen LogP contribution is -2.23. The third-order valence-corrected chi connectivity index (χ3v) is 3.19. The molecule has 0 unspecified atom stereocenters. The van der Waals surface area contributed by atoms with Gasteiger partial charge in [0.25, 0.3) is 0 Å². The Balaban J connectivity index is 2.34. The minimum absolute atomic E-state index is 0.193. The van der Waals surface area contributed by atoms with Gasteiger partial charge in [0.15, 0.2) is 0 Å². The van der Waals surface area contributed by atoms with Crippen molar-refractivity contribution in [1.29, 1.82) is 0 Å². The van der Waals surface area contributed by atoms with Crippen molar-refractivity contribution in [2.45, 2.75) is 31.5 Å². The van der Waals surface area contributed by atoms with E-state index in [9.17, 15) is 15.0 Å². The SMILES string of the molecule is COC(=O)CCC[C@H](O)[C@H](O)/C=C/C=C/C#Cc1ccc(O)cc1. The number of carbonyl (C=O) groups excluding carboxylic acids is 1. The summed E-state index contributed by atoms with van der Waals surface area (Å²) < 4.78 is 4.50. The molecule has 2 atom stereocenters. The molecular weight excluding hydrogens is 308 g/mol. The second-order valence-corrected chi connectivity index (χ2v) is 5.09. The molecule has 5 heteroatoms. The highest BCUT2D eigenvalue weighted by Crippen LogP contribution is 2.08. The minimum atomic E-state index is -1.00. The number of carbonyl (C=O) groups is 1. The van der Waals surface area contributed by atoms with Crippen molar-refractivity contribution in [3.8, 4) is 17.6 Å². The van der Waals surface area contributed by atoms with Crippen LogP contribution in [0.1, 0.15) is 24.8 Å². The van der Waals surface area contributed by atoms with Gasteiger partial charge in [0, 0.05) is 12.0 Å². The van der Waals surface area contributed by atoms with E-state index in [0.29, 0.717) is 12.8 Å². The van der Waals surface area contributed by atoms with Crippen LogP contribution >= 0.6 is 0 Å². The Labute approximate surface area is 141 Å². The van der Waals surface area contributed by atoms with Gasteiger partial charge in [-0.2, -0.15) is 0 Å². The predicted octanol–water partition coefficient (Wildman–Crippen LogP) is 1.92. The van der Waals surface area contributed by atoms with Crippen LogP contribution in [0, 0.1) is 11.8 Å². The summed E-state index contributed by atoms with van der Waals surface area (Å²) in [5, 5.41) is 28.7. The van der Waals surface area contributed by atoms with Crippen LogP contribution < -0.4 is 0 Å². The number of aliphatic hydroxyl groups excluding tert-OH is 2. The Morgan fingerprint density at radius 3 is 2.62 bits per heavy atom. The average molecular weight is 330 g/mol. The average Bonchev–Trinajstić information content (AvgIpc) is 2.58. The molecule has 128 valence electrons. The first-order chi connectivity index (χ1) is 11.5. The van der Waals surface area contributed by atoms with E-state index in [-0.39, 0.29) is 18.1 Å². The fourth-order valence-corrected chi connectivity index (χ4v) is 1.81. The molecule has 3 N–H and O–H groups in total. The summed E-state index contributed by atoms with van der Waals surface area (Å²) in [5.41, 5.74) is 0.780. The zero-order valence-corrected chi connectivity index (χ0v) is 13.6. The van der Waals surface area contributed by atoms with Crippen molar-refractivity contribution >= 4 is 5.97 Å². The molecule has 24 heavy (non-hydrogen) atoms. The summed E-state index contributed by atoms with van der Waals surface area (Å²) in [5.74, 6) is 5.57. The van der Waals surface area contributed by atoms with Gasteiger partial charge in [0.1, 0.15) is 5.75 Å². The third-order valence-electron chi connectivity index (χ3n) is 3.19. The number of aromatic hydroxyl groups is 1. The standard InChI is InChI=1S/C19H22O5/c1-24-19(23)10-6-9-18(22)17(21)8-5-3-2-4-7-15-11-13-16(20)14-12-15/h2-3,5,8,11-14,17-18,20-22H,6,9-10H2,1H3/b3-2+,8-5+/t17-,18+/m1/s1. The van der Waals surface area contributed by atoms with Gasteiger partial charge in [-0.15, -0.1) is 0 Å². The molecule has 0 spiro atoms. The van der Waals surface area contributed by atoms with Gasteiger partial charge < -0.3 is 20.1 Å². The number of benzene rings is 1. The van der Waals surface area contributed by atoms with E-state index in [4.69, 9.17) is 5.11 Å². The van der Waals surface area contributed by atoms with Crippen molar-refractivity contribution in [3.63, 3.8) is 0 Å². The lowest BCUT2D eigenvalue weighted by molar-refractivity contribution is -0.140. The van der Waals surface area contributed by atoms with Crippen LogP contribution in [0.4, 0.5) is 0 Å². The van der Waals surface area contributed by atoms with E-state index in [2.05, 4.69) is 16.6 Å². The summed E-state index contributed by atoms with van der Waals surface area (Å²) in [6.45, 7) is 0. The molecule has 0 aliphatic carbocycles. The molecule has 0 fully saturated rings. The van der Waals surface area contributed by atoms with E-state index in [1.807, 2.05) is 0 Å². The molecule has 0 saturated carbocycles. The van der Waals surface area contributed by atoms with E-state index in [1.54, 1.807) is 42.5 Å². The lowest BCUT2D eigenvalue weighted by atomic mass is 10.1. The van der Waals surface area contributed by atoms with Crippen LogP contribution in [0.15, 0.2) is 48.6 Å². The maximum Gasteiger partial charge on any atom is 0.305 e. The predicted molar refractivity (Wildman–Crippen MR) is 91.1 cm³/mol. The van der Waals surface area contributed by atoms with Crippen LogP contribution in [0.3, 0.4) is 0 Å². The van der Waals surface area contributed by atoms with Crippen LogP contribution in [-0.4, -0.2) is 40.6 Å². The Morgan fingerprint density at radius 1 is 1.25 bits per heavy atom. The second-order valence-electron chi connectivity index (χ2n) is 5.09. The number of hydrogen-bond acceptors (Lipinski definition) is 5. The molecule has 0 aliphatic heterocycles. The number of methoxy groups -OCH3 is 1. The number of phenols is 1. The molecule has 1 aromatic rings. The lowest BCUT2D eigenvalue weighted by Gasteiger charge is -2.13. The fourth-order valence-electron chi connectivity index (χ4n) is 1.81. The zero-order chi connectivity index (χ0) is 17.8. The Hall–Kier alpha value is -2.55. The van der Waals surface area contributed by atoms with Crippen LogP contribution in [0.2, 0.25) is 0 Å². The number of allylic oxidation sites excluding steroid dienone is 3. The summed E-state index contributed by atoms with van der Waals surface area (Å²) in [6.07, 6.45) is 5.37. The normalized spacial score (nSPS) is 13.5. The Morgan fingerprint density at radius 2 is 1.96 bits per heavy atom. The summed E-state index contributed by atoms with van der Waals surface area (Å²) >= 11 is 0. The van der Waals surface area contributed by atoms with Crippen molar-refractivity contribution in [1.82, 2.24) is 0 Å². The van der Waals surface area contributed by atoms with E-state index >= 15 is 0 Å². The Kier molecular flexibility index (Phi) is 8.98. The molecule has 1 aromatic carbocycles. The molecule has 1 rings (SSSR count). The van der Waals surface area contributed by atoms with E-state index in [0.717, 1.165) is 5.56 Å². The number of esters is 1. The quantitative estimate of drug-likeness (QED) is 0.404. The number of ether oxygens (including phenoxy) is 1. The first-order valence-corrected chi connectivity index (χ1v) is 7.60. The molecule has 5 nitrogen and oxygen atoms in total. The van der Waals surface area contributed by atoms with Gasteiger partial charge in [-0.3, -0.25) is 4.79 Å². The van der Waals surface area contributed by atoms with Crippen molar-refractivity contribution < 1.29 is 24.9 Å². The highest BCUT2D eigenvalue weighted by molar-refractivity contribution is 5.68. The van der Waals surface area contributed by atoms with Gasteiger partial charge in [0.05, 0.1) is 19.3 Å². The van der Waals surface area contributed by atoms with E-state index in [1.165, 1.54) is 13.2 Å². The number of phenolic OH excluding ortho intramolecular Hbond substituents is 1. The Bertz CT molecular complexity index is 619. The van der Waals surface area contributed by atoms with Crippen LogP contribution in [-0.2, 0) is 9.53 Å². The molecule has 0 bridgehead atoms.